The van der Waals surface area contributed by atoms with Gasteiger partial charge >= 0.3 is 0 Å². The van der Waals surface area contributed by atoms with Gasteiger partial charge in [0.25, 0.3) is 0 Å². The van der Waals surface area contributed by atoms with Crippen LogP contribution in [0.15, 0.2) is 33.3 Å². The van der Waals surface area contributed by atoms with E-state index in [9.17, 15) is 5.11 Å². The van der Waals surface area contributed by atoms with Crippen LogP contribution in [0.2, 0.25) is 0 Å². The second-order valence-electron chi connectivity index (χ2n) is 4.50. The summed E-state index contributed by atoms with van der Waals surface area (Å²) in [5.41, 5.74) is 0.871. The zero-order chi connectivity index (χ0) is 13.2. The Labute approximate surface area is 118 Å². The molecule has 0 aliphatic carbocycles. The molecule has 0 spiro atoms. The standard InChI is InChI=1S/C13H13BrN2O3/c14-9-3-1-2-8(6-9)12-15-13(19-16-12)10-7-18-5-4-11(10)17/h1-3,6,10-11,17H,4-5,7H2. The minimum atomic E-state index is -0.482. The third kappa shape index (κ3) is 2.70. The summed E-state index contributed by atoms with van der Waals surface area (Å²) in [5.74, 6) is 0.721. The predicted octanol–water partition coefficient (Wildman–Crippen LogP) is 2.36. The molecule has 1 aromatic carbocycles. The van der Waals surface area contributed by atoms with Crippen molar-refractivity contribution in [1.82, 2.24) is 10.1 Å². The van der Waals surface area contributed by atoms with Gasteiger partial charge < -0.3 is 14.4 Å². The van der Waals surface area contributed by atoms with Crippen LogP contribution in [0, 0.1) is 0 Å². The largest absolute Gasteiger partial charge is 0.392 e. The number of aliphatic hydroxyl groups is 1. The normalized spacial score (nSPS) is 23.5. The van der Waals surface area contributed by atoms with E-state index < -0.39 is 6.10 Å². The van der Waals surface area contributed by atoms with Crippen LogP contribution in [0.5, 0.6) is 0 Å². The van der Waals surface area contributed by atoms with Crippen LogP contribution in [-0.2, 0) is 4.74 Å². The lowest BCUT2D eigenvalue weighted by Crippen LogP contribution is -2.30. The Hall–Kier alpha value is -1.24. The van der Waals surface area contributed by atoms with Gasteiger partial charge in [0.05, 0.1) is 18.6 Å². The third-order valence-corrected chi connectivity index (χ3v) is 3.65. The van der Waals surface area contributed by atoms with Crippen molar-refractivity contribution in [2.24, 2.45) is 0 Å². The lowest BCUT2D eigenvalue weighted by atomic mass is 9.99. The zero-order valence-electron chi connectivity index (χ0n) is 10.1. The Morgan fingerprint density at radius 1 is 1.37 bits per heavy atom. The SMILES string of the molecule is OC1CCOCC1c1nc(-c2cccc(Br)c2)no1. The van der Waals surface area contributed by atoms with Gasteiger partial charge in [0, 0.05) is 16.6 Å². The van der Waals surface area contributed by atoms with Crippen LogP contribution >= 0.6 is 15.9 Å². The third-order valence-electron chi connectivity index (χ3n) is 3.16. The highest BCUT2D eigenvalue weighted by Gasteiger charge is 2.30. The van der Waals surface area contributed by atoms with Crippen LogP contribution in [0.3, 0.4) is 0 Å². The molecule has 0 amide bonds. The summed E-state index contributed by atoms with van der Waals surface area (Å²) in [6.45, 7) is 0.992. The van der Waals surface area contributed by atoms with E-state index in [1.54, 1.807) is 0 Å². The maximum absolute atomic E-state index is 9.93. The van der Waals surface area contributed by atoms with Crippen molar-refractivity contribution in [3.63, 3.8) is 0 Å². The smallest absolute Gasteiger partial charge is 0.235 e. The monoisotopic (exact) mass is 324 g/mol. The fourth-order valence-electron chi connectivity index (χ4n) is 2.09. The molecule has 1 N–H and O–H groups in total. The summed E-state index contributed by atoms with van der Waals surface area (Å²) >= 11 is 3.41. The van der Waals surface area contributed by atoms with E-state index in [1.807, 2.05) is 24.3 Å². The van der Waals surface area contributed by atoms with E-state index in [4.69, 9.17) is 9.26 Å². The first-order valence-corrected chi connectivity index (χ1v) is 6.88. The average molecular weight is 325 g/mol. The van der Waals surface area contributed by atoms with E-state index in [0.717, 1.165) is 10.0 Å². The Morgan fingerprint density at radius 2 is 2.26 bits per heavy atom. The summed E-state index contributed by atoms with van der Waals surface area (Å²) in [6, 6.07) is 7.67. The van der Waals surface area contributed by atoms with E-state index in [-0.39, 0.29) is 5.92 Å². The lowest BCUT2D eigenvalue weighted by molar-refractivity contribution is -0.0149. The minimum Gasteiger partial charge on any atom is -0.392 e. The van der Waals surface area contributed by atoms with Crippen LogP contribution in [-0.4, -0.2) is 34.6 Å². The zero-order valence-corrected chi connectivity index (χ0v) is 11.7. The van der Waals surface area contributed by atoms with E-state index in [0.29, 0.717) is 31.3 Å². The van der Waals surface area contributed by atoms with Crippen molar-refractivity contribution in [1.29, 1.82) is 0 Å². The Balaban J connectivity index is 1.86. The van der Waals surface area contributed by atoms with Crippen molar-refractivity contribution in [3.05, 3.63) is 34.6 Å². The number of ether oxygens (including phenoxy) is 1. The van der Waals surface area contributed by atoms with Gasteiger partial charge in [-0.25, -0.2) is 0 Å². The molecule has 0 saturated carbocycles. The molecule has 1 fully saturated rings. The summed E-state index contributed by atoms with van der Waals surface area (Å²) < 4.78 is 11.6. The highest BCUT2D eigenvalue weighted by molar-refractivity contribution is 9.10. The molecule has 6 heteroatoms. The van der Waals surface area contributed by atoms with Gasteiger partial charge in [-0.3, -0.25) is 0 Å². The number of benzene rings is 1. The molecular weight excluding hydrogens is 312 g/mol. The molecule has 100 valence electrons. The molecule has 2 unspecified atom stereocenters. The Bertz CT molecular complexity index is 573. The molecule has 0 radical (unpaired) electrons. The first kappa shape index (κ1) is 12.8. The molecule has 3 rings (SSSR count). The topological polar surface area (TPSA) is 68.4 Å². The maximum Gasteiger partial charge on any atom is 0.235 e. The molecule has 1 aliphatic heterocycles. The van der Waals surface area contributed by atoms with E-state index >= 15 is 0 Å². The fraction of sp³-hybridized carbons (Fsp3) is 0.385. The van der Waals surface area contributed by atoms with E-state index in [2.05, 4.69) is 26.1 Å². The van der Waals surface area contributed by atoms with Gasteiger partial charge in [0.15, 0.2) is 0 Å². The van der Waals surface area contributed by atoms with Gasteiger partial charge in [-0.2, -0.15) is 4.98 Å². The van der Waals surface area contributed by atoms with Crippen molar-refractivity contribution in [2.45, 2.75) is 18.4 Å². The van der Waals surface area contributed by atoms with Gasteiger partial charge in [-0.1, -0.05) is 33.2 Å². The van der Waals surface area contributed by atoms with Crippen molar-refractivity contribution < 1.29 is 14.4 Å². The molecule has 0 bridgehead atoms. The molecule has 5 nitrogen and oxygen atoms in total. The van der Waals surface area contributed by atoms with Crippen LogP contribution < -0.4 is 0 Å². The van der Waals surface area contributed by atoms with Crippen LogP contribution in [0.1, 0.15) is 18.2 Å². The summed E-state index contributed by atoms with van der Waals surface area (Å²) in [6.07, 6.45) is 0.115. The molecule has 1 aliphatic rings. The Kier molecular flexibility index (Phi) is 3.63. The minimum absolute atomic E-state index is 0.234. The van der Waals surface area contributed by atoms with Crippen molar-refractivity contribution in [3.8, 4) is 11.4 Å². The summed E-state index contributed by atoms with van der Waals surface area (Å²) in [7, 11) is 0. The second kappa shape index (κ2) is 5.40. The number of hydrogen-bond donors (Lipinski definition) is 1. The van der Waals surface area contributed by atoms with Crippen molar-refractivity contribution in [2.75, 3.05) is 13.2 Å². The Morgan fingerprint density at radius 3 is 3.05 bits per heavy atom. The van der Waals surface area contributed by atoms with Crippen molar-refractivity contribution >= 4 is 15.9 Å². The van der Waals surface area contributed by atoms with Gasteiger partial charge in [-0.05, 0) is 18.6 Å². The number of halogens is 1. The first-order chi connectivity index (χ1) is 9.24. The molecular formula is C13H13BrN2O3. The van der Waals surface area contributed by atoms with Gasteiger partial charge in [0.1, 0.15) is 0 Å². The molecule has 1 saturated heterocycles. The number of rotatable bonds is 2. The lowest BCUT2D eigenvalue weighted by Gasteiger charge is -2.24. The summed E-state index contributed by atoms with van der Waals surface area (Å²) in [5, 5.41) is 13.9. The maximum atomic E-state index is 9.93. The fourth-order valence-corrected chi connectivity index (χ4v) is 2.49. The predicted molar refractivity (Wildman–Crippen MR) is 71.6 cm³/mol. The number of nitrogens with zero attached hydrogens (tertiary/aromatic N) is 2. The highest BCUT2D eigenvalue weighted by atomic mass is 79.9. The molecule has 19 heavy (non-hydrogen) atoms. The van der Waals surface area contributed by atoms with E-state index in [1.165, 1.54) is 0 Å². The number of hydrogen-bond acceptors (Lipinski definition) is 5. The number of aliphatic hydroxyl groups excluding tert-OH is 1. The van der Waals surface area contributed by atoms with Crippen LogP contribution in [0.4, 0.5) is 0 Å². The molecule has 2 atom stereocenters. The highest BCUT2D eigenvalue weighted by Crippen LogP contribution is 2.27. The molecule has 1 aromatic heterocycles. The number of aromatic nitrogens is 2. The summed E-state index contributed by atoms with van der Waals surface area (Å²) in [4.78, 5) is 4.36. The molecule has 2 aromatic rings. The van der Waals surface area contributed by atoms with Gasteiger partial charge in [0.2, 0.25) is 11.7 Å². The molecule has 2 heterocycles. The quantitative estimate of drug-likeness (QED) is 0.918. The second-order valence-corrected chi connectivity index (χ2v) is 5.42. The first-order valence-electron chi connectivity index (χ1n) is 6.09. The van der Waals surface area contributed by atoms with Crippen LogP contribution in [0.25, 0.3) is 11.4 Å². The van der Waals surface area contributed by atoms with Gasteiger partial charge in [-0.15, -0.1) is 0 Å². The average Bonchev–Trinajstić information content (AvgIpc) is 2.89.